The quantitative estimate of drug-likeness (QED) is 0.635. The van der Waals surface area contributed by atoms with Crippen LogP contribution in [0.1, 0.15) is 0 Å². The molecule has 0 aliphatic rings. The van der Waals surface area contributed by atoms with Gasteiger partial charge in [-0.3, -0.25) is 14.8 Å². The van der Waals surface area contributed by atoms with Crippen LogP contribution in [-0.4, -0.2) is 23.4 Å². The van der Waals surface area contributed by atoms with Crippen LogP contribution >= 0.6 is 23.2 Å². The minimum absolute atomic E-state index is 0.0328. The maximum Gasteiger partial charge on any atom is 0.291 e. The van der Waals surface area contributed by atoms with E-state index in [9.17, 15) is 23.6 Å². The molecule has 1 aromatic heterocycles. The molecule has 1 aromatic carbocycles. The lowest BCUT2D eigenvalue weighted by molar-refractivity contribution is -0.385. The zero-order chi connectivity index (χ0) is 16.5. The van der Waals surface area contributed by atoms with Crippen LogP contribution in [0.4, 0.5) is 11.5 Å². The highest BCUT2D eigenvalue weighted by molar-refractivity contribution is 7.92. The Hall–Kier alpha value is -2.10. The first-order valence-electron chi connectivity index (χ1n) is 5.52. The first kappa shape index (κ1) is 16.3. The number of aromatic nitrogens is 1. The van der Waals surface area contributed by atoms with Gasteiger partial charge in [-0.2, -0.15) is 0 Å². The molecule has 11 heteroatoms. The van der Waals surface area contributed by atoms with Crippen LogP contribution in [0, 0.1) is 10.1 Å². The summed E-state index contributed by atoms with van der Waals surface area (Å²) in [6.07, 6.45) is 0.812. The van der Waals surface area contributed by atoms with Crippen LogP contribution in [-0.2, 0) is 10.0 Å². The third-order valence-corrected chi connectivity index (χ3v) is 4.57. The molecule has 0 unspecified atom stereocenters. The van der Waals surface area contributed by atoms with Crippen molar-refractivity contribution in [3.63, 3.8) is 0 Å². The van der Waals surface area contributed by atoms with Gasteiger partial charge in [0.25, 0.3) is 15.7 Å². The van der Waals surface area contributed by atoms with Gasteiger partial charge < -0.3 is 5.11 Å². The summed E-state index contributed by atoms with van der Waals surface area (Å²) in [5, 5.41) is 20.3. The molecular weight excluding hydrogens is 357 g/mol. The molecule has 2 rings (SSSR count). The Labute approximate surface area is 134 Å². The van der Waals surface area contributed by atoms with E-state index in [0.29, 0.717) is 0 Å². The van der Waals surface area contributed by atoms with Crippen molar-refractivity contribution in [3.8, 4) is 5.75 Å². The topological polar surface area (TPSA) is 122 Å². The lowest BCUT2D eigenvalue weighted by Gasteiger charge is -2.09. The van der Waals surface area contributed by atoms with Crippen molar-refractivity contribution in [3.05, 3.63) is 50.6 Å². The normalized spacial score (nSPS) is 11.2. The molecular formula is C11H7Cl2N3O5S. The summed E-state index contributed by atoms with van der Waals surface area (Å²) in [4.78, 5) is 13.1. The van der Waals surface area contributed by atoms with Crippen molar-refractivity contribution in [1.29, 1.82) is 0 Å². The Morgan fingerprint density at radius 3 is 2.45 bits per heavy atom. The fourth-order valence-electron chi connectivity index (χ4n) is 1.45. The lowest BCUT2D eigenvalue weighted by atomic mass is 10.4. The number of sulfonamides is 1. The summed E-state index contributed by atoms with van der Waals surface area (Å²) in [6.45, 7) is 0. The summed E-state index contributed by atoms with van der Waals surface area (Å²) >= 11 is 11.4. The van der Waals surface area contributed by atoms with Crippen LogP contribution in [0.2, 0.25) is 10.0 Å². The lowest BCUT2D eigenvalue weighted by Crippen LogP contribution is -2.14. The zero-order valence-electron chi connectivity index (χ0n) is 10.5. The Morgan fingerprint density at radius 2 is 1.91 bits per heavy atom. The van der Waals surface area contributed by atoms with Gasteiger partial charge in [-0.05, 0) is 18.2 Å². The second kappa shape index (κ2) is 5.95. The van der Waals surface area contributed by atoms with Crippen molar-refractivity contribution in [2.24, 2.45) is 0 Å². The van der Waals surface area contributed by atoms with Crippen LogP contribution < -0.4 is 4.72 Å². The summed E-state index contributed by atoms with van der Waals surface area (Å²) < 4.78 is 26.3. The number of nitro groups is 1. The Kier molecular flexibility index (Phi) is 4.40. The predicted octanol–water partition coefficient (Wildman–Crippen LogP) is 2.80. The van der Waals surface area contributed by atoms with Crippen molar-refractivity contribution in [2.45, 2.75) is 4.90 Å². The van der Waals surface area contributed by atoms with Crippen LogP contribution in [0.15, 0.2) is 35.4 Å². The molecule has 2 aromatic rings. The number of nitrogens with zero attached hydrogens (tertiary/aromatic N) is 2. The second-order valence-corrected chi connectivity index (χ2v) is 6.50. The fraction of sp³-hybridized carbons (Fsp3) is 0. The Morgan fingerprint density at radius 1 is 1.23 bits per heavy atom. The molecule has 22 heavy (non-hydrogen) atoms. The molecule has 0 aliphatic heterocycles. The largest absolute Gasteiger partial charge is 0.504 e. The molecule has 0 radical (unpaired) electrons. The van der Waals surface area contributed by atoms with Crippen LogP contribution in [0.25, 0.3) is 0 Å². The highest BCUT2D eigenvalue weighted by Gasteiger charge is 2.20. The third-order valence-electron chi connectivity index (χ3n) is 2.50. The Bertz CT molecular complexity index is 857. The number of hydrogen-bond acceptors (Lipinski definition) is 6. The van der Waals surface area contributed by atoms with Crippen molar-refractivity contribution < 1.29 is 18.4 Å². The molecule has 116 valence electrons. The van der Waals surface area contributed by atoms with E-state index in [-0.39, 0.29) is 14.9 Å². The number of pyridine rings is 1. The smallest absolute Gasteiger partial charge is 0.291 e. The van der Waals surface area contributed by atoms with E-state index in [0.717, 1.165) is 18.3 Å². The summed E-state index contributed by atoms with van der Waals surface area (Å²) in [7, 11) is -4.09. The average molecular weight is 364 g/mol. The van der Waals surface area contributed by atoms with Gasteiger partial charge in [0.2, 0.25) is 0 Å². The fourth-order valence-corrected chi connectivity index (χ4v) is 2.86. The van der Waals surface area contributed by atoms with E-state index in [1.54, 1.807) is 0 Å². The molecule has 0 saturated heterocycles. The van der Waals surface area contributed by atoms with Gasteiger partial charge in [0.15, 0.2) is 11.6 Å². The number of hydrogen-bond donors (Lipinski definition) is 2. The molecule has 2 N–H and O–H groups in total. The molecule has 0 atom stereocenters. The second-order valence-electron chi connectivity index (χ2n) is 4.00. The van der Waals surface area contributed by atoms with Gasteiger partial charge in [0, 0.05) is 0 Å². The van der Waals surface area contributed by atoms with Gasteiger partial charge in [-0.25, -0.2) is 13.4 Å². The Balaban J connectivity index is 2.36. The highest BCUT2D eigenvalue weighted by atomic mass is 35.5. The van der Waals surface area contributed by atoms with Crippen LogP contribution in [0.3, 0.4) is 0 Å². The number of benzene rings is 1. The first-order valence-corrected chi connectivity index (χ1v) is 7.76. The third kappa shape index (κ3) is 3.38. The van der Waals surface area contributed by atoms with Crippen molar-refractivity contribution in [2.75, 3.05) is 4.72 Å². The SMILES string of the molecule is O=[N+]([O-])c1cnc(NS(=O)(=O)c2ccc(Cl)c(Cl)c2)c(O)c1. The average Bonchev–Trinajstić information content (AvgIpc) is 2.43. The minimum Gasteiger partial charge on any atom is -0.504 e. The molecule has 0 spiro atoms. The molecule has 0 fully saturated rings. The summed E-state index contributed by atoms with van der Waals surface area (Å²) in [5.74, 6) is -1.13. The van der Waals surface area contributed by atoms with Crippen LogP contribution in [0.5, 0.6) is 5.75 Å². The van der Waals surface area contributed by atoms with Crippen molar-refractivity contribution >= 4 is 44.7 Å². The summed E-state index contributed by atoms with van der Waals surface area (Å²) in [6, 6.07) is 4.40. The maximum atomic E-state index is 12.1. The molecule has 8 nitrogen and oxygen atoms in total. The summed E-state index contributed by atoms with van der Waals surface area (Å²) in [5.41, 5.74) is -0.477. The van der Waals surface area contributed by atoms with E-state index in [4.69, 9.17) is 23.2 Å². The standard InChI is InChI=1S/C11H7Cl2N3O5S/c12-8-2-1-7(4-9(8)13)22(20,21)15-11-10(17)3-6(5-14-11)16(18)19/h1-5,17H,(H,14,15). The van der Waals surface area contributed by atoms with Gasteiger partial charge in [-0.1, -0.05) is 23.2 Å². The van der Waals surface area contributed by atoms with Gasteiger partial charge in [0.05, 0.1) is 25.9 Å². The minimum atomic E-state index is -4.09. The van der Waals surface area contributed by atoms with Crippen molar-refractivity contribution in [1.82, 2.24) is 4.98 Å². The number of rotatable bonds is 4. The number of halogens is 2. The predicted molar refractivity (Wildman–Crippen MR) is 79.8 cm³/mol. The molecule has 0 aliphatic carbocycles. The molecule has 1 heterocycles. The van der Waals surface area contributed by atoms with Gasteiger partial charge in [-0.15, -0.1) is 0 Å². The molecule has 0 amide bonds. The maximum absolute atomic E-state index is 12.1. The highest BCUT2D eigenvalue weighted by Crippen LogP contribution is 2.29. The van der Waals surface area contributed by atoms with E-state index >= 15 is 0 Å². The van der Waals surface area contributed by atoms with E-state index < -0.39 is 32.2 Å². The number of anilines is 1. The number of aromatic hydroxyl groups is 1. The number of nitrogens with one attached hydrogen (secondary N) is 1. The first-order chi connectivity index (χ1) is 10.2. The van der Waals surface area contributed by atoms with E-state index in [1.165, 1.54) is 12.1 Å². The van der Waals surface area contributed by atoms with Gasteiger partial charge in [0.1, 0.15) is 6.20 Å². The zero-order valence-corrected chi connectivity index (χ0v) is 12.9. The molecule has 0 saturated carbocycles. The monoisotopic (exact) mass is 363 g/mol. The molecule has 0 bridgehead atoms. The van der Waals surface area contributed by atoms with E-state index in [1.807, 2.05) is 4.72 Å². The van der Waals surface area contributed by atoms with Gasteiger partial charge >= 0.3 is 0 Å². The van der Waals surface area contributed by atoms with E-state index in [2.05, 4.69) is 4.98 Å².